The first-order valence-corrected chi connectivity index (χ1v) is 10.4. The van der Waals surface area contributed by atoms with E-state index in [1.165, 1.54) is 18.3 Å². The number of aliphatic carboxylic acids is 1. The van der Waals surface area contributed by atoms with Gasteiger partial charge in [-0.15, -0.1) is 0 Å². The number of hydrogen-bond acceptors (Lipinski definition) is 5. The molecule has 1 saturated carbocycles. The molecule has 5 atom stereocenters. The van der Waals surface area contributed by atoms with Crippen LogP contribution in [0.25, 0.3) is 0 Å². The molecule has 6 nitrogen and oxygen atoms in total. The van der Waals surface area contributed by atoms with Crippen molar-refractivity contribution in [1.82, 2.24) is 0 Å². The quantitative estimate of drug-likeness (QED) is 0.312. The summed E-state index contributed by atoms with van der Waals surface area (Å²) in [5.41, 5.74) is 0.170. The van der Waals surface area contributed by atoms with Gasteiger partial charge in [-0.2, -0.15) is 0 Å². The Labute approximate surface area is 171 Å². The van der Waals surface area contributed by atoms with Crippen LogP contribution in [0.15, 0.2) is 29.3 Å². The molecule has 1 aromatic rings. The summed E-state index contributed by atoms with van der Waals surface area (Å²) in [7, 11) is 0. The predicted molar refractivity (Wildman–Crippen MR) is 109 cm³/mol. The van der Waals surface area contributed by atoms with Gasteiger partial charge in [0.25, 0.3) is 0 Å². The van der Waals surface area contributed by atoms with Crippen LogP contribution in [0.4, 0.5) is 10.1 Å². The number of carbonyl (C=O) groups is 1. The fraction of sp³-hybridized carbons (Fsp3) is 0.636. The van der Waals surface area contributed by atoms with Crippen LogP contribution in [-0.4, -0.2) is 50.9 Å². The number of carboxylic acid groups (broad SMARTS) is 1. The lowest BCUT2D eigenvalue weighted by Gasteiger charge is -2.24. The standard InChI is InChI=1S/C22H32FNO5/c23-18-8-5-6-9-19(18)24-14-15(25)11-12-17-16(20(26)13-21(17)27)7-3-1-2-4-10-22(28)29/h5-6,8-9,14-17,20-21,25-27H,1-4,7,10-13H2,(H,28,29)/t15?,16-,17-,20+,21-/m1/s1. The second-order valence-corrected chi connectivity index (χ2v) is 7.92. The molecule has 2 rings (SSSR count). The molecule has 0 aliphatic heterocycles. The van der Waals surface area contributed by atoms with E-state index in [-0.39, 0.29) is 23.9 Å². The van der Waals surface area contributed by atoms with Crippen molar-refractivity contribution in [3.8, 4) is 0 Å². The van der Waals surface area contributed by atoms with E-state index in [0.717, 1.165) is 25.7 Å². The van der Waals surface area contributed by atoms with Crippen molar-refractivity contribution < 1.29 is 29.6 Å². The van der Waals surface area contributed by atoms with Gasteiger partial charge in [-0.1, -0.05) is 31.4 Å². The first kappa shape index (κ1) is 23.4. The molecule has 1 aliphatic carbocycles. The van der Waals surface area contributed by atoms with Gasteiger partial charge in [-0.25, -0.2) is 4.39 Å². The van der Waals surface area contributed by atoms with E-state index in [0.29, 0.717) is 25.7 Å². The Morgan fingerprint density at radius 3 is 2.45 bits per heavy atom. The Morgan fingerprint density at radius 2 is 1.76 bits per heavy atom. The van der Waals surface area contributed by atoms with Crippen molar-refractivity contribution in [2.45, 2.75) is 76.1 Å². The lowest BCUT2D eigenvalue weighted by molar-refractivity contribution is -0.137. The molecule has 29 heavy (non-hydrogen) atoms. The maximum Gasteiger partial charge on any atom is 0.303 e. The SMILES string of the molecule is O=C(O)CCCCCC[C@@H]1[C@@H](CCC(O)C=Nc2ccccc2F)[C@H](O)C[C@@H]1O. The number of rotatable bonds is 12. The van der Waals surface area contributed by atoms with Crippen LogP contribution >= 0.6 is 0 Å². The molecule has 0 radical (unpaired) electrons. The third-order valence-electron chi connectivity index (χ3n) is 5.73. The topological polar surface area (TPSA) is 110 Å². The zero-order chi connectivity index (χ0) is 21.2. The molecule has 1 fully saturated rings. The van der Waals surface area contributed by atoms with Crippen LogP contribution in [-0.2, 0) is 4.79 Å². The molecular formula is C22H32FNO5. The summed E-state index contributed by atoms with van der Waals surface area (Å²) in [5, 5.41) is 39.4. The van der Waals surface area contributed by atoms with Gasteiger partial charge in [-0.05, 0) is 56.1 Å². The molecule has 0 bridgehead atoms. The van der Waals surface area contributed by atoms with Crippen molar-refractivity contribution in [2.24, 2.45) is 16.8 Å². The summed E-state index contributed by atoms with van der Waals surface area (Å²) in [6, 6.07) is 6.08. The fourth-order valence-corrected chi connectivity index (χ4v) is 4.15. The minimum atomic E-state index is -0.851. The highest BCUT2D eigenvalue weighted by Crippen LogP contribution is 2.39. The molecule has 162 valence electrons. The maximum absolute atomic E-state index is 13.6. The van der Waals surface area contributed by atoms with Crippen LogP contribution in [0, 0.1) is 17.7 Å². The Balaban J connectivity index is 1.77. The normalized spacial score (nSPS) is 25.5. The molecule has 0 spiro atoms. The molecular weight excluding hydrogens is 377 g/mol. The third-order valence-corrected chi connectivity index (χ3v) is 5.73. The van der Waals surface area contributed by atoms with Crippen molar-refractivity contribution in [3.63, 3.8) is 0 Å². The Morgan fingerprint density at radius 1 is 1.10 bits per heavy atom. The summed E-state index contributed by atoms with van der Waals surface area (Å²) in [4.78, 5) is 14.5. The summed E-state index contributed by atoms with van der Waals surface area (Å²) in [5.74, 6) is -1.36. The Bertz CT molecular complexity index is 668. The number of aliphatic imine (C=N–C) groups is 1. The van der Waals surface area contributed by atoms with Gasteiger partial charge < -0.3 is 20.4 Å². The van der Waals surface area contributed by atoms with Gasteiger partial charge in [0.1, 0.15) is 5.82 Å². The van der Waals surface area contributed by atoms with Gasteiger partial charge >= 0.3 is 5.97 Å². The van der Waals surface area contributed by atoms with E-state index in [4.69, 9.17) is 5.11 Å². The number of hydrogen-bond donors (Lipinski definition) is 4. The number of carboxylic acids is 1. The monoisotopic (exact) mass is 409 g/mol. The number of aliphatic hydroxyl groups is 3. The minimum Gasteiger partial charge on any atom is -0.481 e. The molecule has 0 saturated heterocycles. The molecule has 0 amide bonds. The zero-order valence-electron chi connectivity index (χ0n) is 16.7. The molecule has 7 heteroatoms. The second-order valence-electron chi connectivity index (χ2n) is 7.92. The average Bonchev–Trinajstić information content (AvgIpc) is 2.94. The van der Waals surface area contributed by atoms with E-state index in [9.17, 15) is 24.5 Å². The van der Waals surface area contributed by atoms with Crippen LogP contribution < -0.4 is 0 Å². The van der Waals surface area contributed by atoms with Crippen molar-refractivity contribution >= 4 is 17.9 Å². The molecule has 4 N–H and O–H groups in total. The average molecular weight is 409 g/mol. The number of para-hydroxylation sites is 1. The number of nitrogens with zero attached hydrogens (tertiary/aromatic N) is 1. The lowest BCUT2D eigenvalue weighted by Crippen LogP contribution is -2.24. The summed E-state index contributed by atoms with van der Waals surface area (Å²) >= 11 is 0. The molecule has 1 aliphatic rings. The Hall–Kier alpha value is -1.83. The van der Waals surface area contributed by atoms with Crippen LogP contribution in [0.5, 0.6) is 0 Å². The maximum atomic E-state index is 13.6. The first-order valence-electron chi connectivity index (χ1n) is 10.4. The predicted octanol–water partition coefficient (Wildman–Crippen LogP) is 3.45. The van der Waals surface area contributed by atoms with Crippen LogP contribution in [0.3, 0.4) is 0 Å². The molecule has 0 heterocycles. The lowest BCUT2D eigenvalue weighted by atomic mass is 9.85. The highest BCUT2D eigenvalue weighted by atomic mass is 19.1. The summed E-state index contributed by atoms with van der Waals surface area (Å²) < 4.78 is 13.6. The van der Waals surface area contributed by atoms with Crippen LogP contribution in [0.2, 0.25) is 0 Å². The third kappa shape index (κ3) is 7.84. The second kappa shape index (κ2) is 12.0. The van der Waals surface area contributed by atoms with E-state index in [1.807, 2.05) is 0 Å². The summed E-state index contributed by atoms with van der Waals surface area (Å²) in [6.45, 7) is 0. The van der Waals surface area contributed by atoms with Gasteiger partial charge in [0.2, 0.25) is 0 Å². The highest BCUT2D eigenvalue weighted by molar-refractivity contribution is 5.67. The van der Waals surface area contributed by atoms with E-state index < -0.39 is 30.1 Å². The van der Waals surface area contributed by atoms with E-state index >= 15 is 0 Å². The highest BCUT2D eigenvalue weighted by Gasteiger charge is 2.40. The summed E-state index contributed by atoms with van der Waals surface area (Å²) in [6.07, 6.45) is 4.80. The molecule has 1 unspecified atom stereocenters. The smallest absolute Gasteiger partial charge is 0.303 e. The van der Waals surface area contributed by atoms with Gasteiger partial charge in [0, 0.05) is 12.6 Å². The van der Waals surface area contributed by atoms with Gasteiger partial charge in [0.05, 0.1) is 24.0 Å². The largest absolute Gasteiger partial charge is 0.481 e. The van der Waals surface area contributed by atoms with Crippen molar-refractivity contribution in [2.75, 3.05) is 0 Å². The first-order chi connectivity index (χ1) is 13.9. The fourth-order valence-electron chi connectivity index (χ4n) is 4.15. The number of benzene rings is 1. The van der Waals surface area contributed by atoms with E-state index in [1.54, 1.807) is 12.1 Å². The van der Waals surface area contributed by atoms with E-state index in [2.05, 4.69) is 4.99 Å². The van der Waals surface area contributed by atoms with Crippen molar-refractivity contribution in [1.29, 1.82) is 0 Å². The van der Waals surface area contributed by atoms with Gasteiger partial charge in [0.15, 0.2) is 0 Å². The molecule has 0 aromatic heterocycles. The minimum absolute atomic E-state index is 0.0276. The molecule has 1 aromatic carbocycles. The number of halogens is 1. The van der Waals surface area contributed by atoms with Gasteiger partial charge in [-0.3, -0.25) is 9.79 Å². The number of aliphatic hydroxyl groups excluding tert-OH is 3. The zero-order valence-corrected chi connectivity index (χ0v) is 16.7. The Kier molecular flexibility index (Phi) is 9.70. The van der Waals surface area contributed by atoms with Crippen molar-refractivity contribution in [3.05, 3.63) is 30.1 Å². The number of unbranched alkanes of at least 4 members (excludes halogenated alkanes) is 3. The van der Waals surface area contributed by atoms with Crippen LogP contribution in [0.1, 0.15) is 57.8 Å².